The van der Waals surface area contributed by atoms with Crippen LogP contribution in [0.25, 0.3) is 11.5 Å². The number of hydrogen-bond donors (Lipinski definition) is 0. The van der Waals surface area contributed by atoms with Crippen molar-refractivity contribution in [2.24, 2.45) is 0 Å². The molecule has 0 saturated carbocycles. The zero-order chi connectivity index (χ0) is 9.97. The lowest BCUT2D eigenvalue weighted by Crippen LogP contribution is -1.86. The lowest BCUT2D eigenvalue weighted by molar-refractivity contribution is 0.541. The predicted octanol–water partition coefficient (Wildman–Crippen LogP) is 2.16. The van der Waals surface area contributed by atoms with Crippen molar-refractivity contribution in [1.82, 2.24) is 15.0 Å². The summed E-state index contributed by atoms with van der Waals surface area (Å²) in [4.78, 5) is 12.4. The van der Waals surface area contributed by atoms with E-state index >= 15 is 0 Å². The SMILES string of the molecule is CSc1ncc(-c2ncc(C)o2)cn1. The maximum Gasteiger partial charge on any atom is 0.229 e. The number of thioether (sulfide) groups is 1. The summed E-state index contributed by atoms with van der Waals surface area (Å²) in [5.74, 6) is 1.35. The highest BCUT2D eigenvalue weighted by Crippen LogP contribution is 2.18. The van der Waals surface area contributed by atoms with Crippen molar-refractivity contribution < 1.29 is 4.42 Å². The van der Waals surface area contributed by atoms with E-state index in [0.29, 0.717) is 5.89 Å². The molecule has 2 aromatic heterocycles. The molecule has 0 bridgehead atoms. The highest BCUT2D eigenvalue weighted by atomic mass is 32.2. The normalized spacial score (nSPS) is 10.4. The van der Waals surface area contributed by atoms with Crippen molar-refractivity contribution in [3.63, 3.8) is 0 Å². The molecule has 5 heteroatoms. The van der Waals surface area contributed by atoms with Gasteiger partial charge in [-0.15, -0.1) is 0 Å². The Labute approximate surface area is 85.8 Å². The second kappa shape index (κ2) is 3.79. The number of nitrogens with zero attached hydrogens (tertiary/aromatic N) is 3. The van der Waals surface area contributed by atoms with Gasteiger partial charge in [-0.2, -0.15) is 0 Å². The van der Waals surface area contributed by atoms with Gasteiger partial charge in [0.15, 0.2) is 5.16 Å². The third-order valence-corrected chi connectivity index (χ3v) is 2.25. The molecule has 2 heterocycles. The molecule has 72 valence electrons. The molecule has 0 fully saturated rings. The van der Waals surface area contributed by atoms with Gasteiger partial charge in [0.05, 0.1) is 11.8 Å². The highest BCUT2D eigenvalue weighted by molar-refractivity contribution is 7.98. The average Bonchev–Trinajstić information content (AvgIpc) is 2.65. The minimum Gasteiger partial charge on any atom is -0.441 e. The zero-order valence-electron chi connectivity index (χ0n) is 7.89. The van der Waals surface area contributed by atoms with Gasteiger partial charge in [-0.05, 0) is 13.2 Å². The van der Waals surface area contributed by atoms with Gasteiger partial charge in [0.2, 0.25) is 5.89 Å². The molecule has 0 aromatic carbocycles. The van der Waals surface area contributed by atoms with E-state index in [1.165, 1.54) is 11.8 Å². The van der Waals surface area contributed by atoms with Crippen molar-refractivity contribution in [1.29, 1.82) is 0 Å². The maximum atomic E-state index is 5.35. The Morgan fingerprint density at radius 1 is 1.14 bits per heavy atom. The van der Waals surface area contributed by atoms with E-state index in [2.05, 4.69) is 15.0 Å². The second-order valence-electron chi connectivity index (χ2n) is 2.73. The molecule has 2 aromatic rings. The van der Waals surface area contributed by atoms with Crippen LogP contribution in [0, 0.1) is 6.92 Å². The van der Waals surface area contributed by atoms with E-state index < -0.39 is 0 Å². The molecule has 0 aliphatic heterocycles. The smallest absolute Gasteiger partial charge is 0.229 e. The molecule has 0 unspecified atom stereocenters. The number of aromatic nitrogens is 3. The largest absolute Gasteiger partial charge is 0.441 e. The molecule has 4 nitrogen and oxygen atoms in total. The highest BCUT2D eigenvalue weighted by Gasteiger charge is 2.05. The van der Waals surface area contributed by atoms with E-state index in [9.17, 15) is 0 Å². The fourth-order valence-electron chi connectivity index (χ4n) is 1.02. The lowest BCUT2D eigenvalue weighted by Gasteiger charge is -1.95. The van der Waals surface area contributed by atoms with Crippen LogP contribution in [0.1, 0.15) is 5.76 Å². The van der Waals surface area contributed by atoms with E-state index in [1.54, 1.807) is 18.6 Å². The van der Waals surface area contributed by atoms with Crippen LogP contribution in [0.5, 0.6) is 0 Å². The van der Waals surface area contributed by atoms with Gasteiger partial charge in [-0.1, -0.05) is 11.8 Å². The van der Waals surface area contributed by atoms with Gasteiger partial charge >= 0.3 is 0 Å². The summed E-state index contributed by atoms with van der Waals surface area (Å²) in [7, 11) is 0. The average molecular weight is 207 g/mol. The fraction of sp³-hybridized carbons (Fsp3) is 0.222. The molecular formula is C9H9N3OS. The summed E-state index contributed by atoms with van der Waals surface area (Å²) >= 11 is 1.50. The van der Waals surface area contributed by atoms with E-state index in [4.69, 9.17) is 4.42 Å². The van der Waals surface area contributed by atoms with Crippen LogP contribution < -0.4 is 0 Å². The van der Waals surface area contributed by atoms with Gasteiger partial charge in [0, 0.05) is 12.4 Å². The number of rotatable bonds is 2. The third-order valence-electron chi connectivity index (χ3n) is 1.68. The van der Waals surface area contributed by atoms with E-state index in [-0.39, 0.29) is 0 Å². The van der Waals surface area contributed by atoms with Crippen LogP contribution in [0.2, 0.25) is 0 Å². The fourth-order valence-corrected chi connectivity index (χ4v) is 1.34. The first kappa shape index (κ1) is 9.21. The molecule has 0 spiro atoms. The van der Waals surface area contributed by atoms with Crippen LogP contribution in [0.15, 0.2) is 28.2 Å². The minimum atomic E-state index is 0.565. The van der Waals surface area contributed by atoms with Crippen molar-refractivity contribution >= 4 is 11.8 Å². The topological polar surface area (TPSA) is 51.8 Å². The zero-order valence-corrected chi connectivity index (χ0v) is 8.71. The molecule has 0 aliphatic carbocycles. The summed E-state index contributed by atoms with van der Waals surface area (Å²) < 4.78 is 5.35. The van der Waals surface area contributed by atoms with Gasteiger partial charge in [0.25, 0.3) is 0 Å². The van der Waals surface area contributed by atoms with Crippen molar-refractivity contribution in [3.05, 3.63) is 24.4 Å². The standard InChI is InChI=1S/C9H9N3OS/c1-6-3-10-8(13-6)7-4-11-9(14-2)12-5-7/h3-5H,1-2H3. The van der Waals surface area contributed by atoms with Crippen LogP contribution in [-0.2, 0) is 0 Å². The Morgan fingerprint density at radius 2 is 1.86 bits per heavy atom. The third kappa shape index (κ3) is 1.77. The molecule has 0 atom stereocenters. The van der Waals surface area contributed by atoms with Gasteiger partial charge in [0.1, 0.15) is 5.76 Å². The Kier molecular flexibility index (Phi) is 2.49. The first-order valence-electron chi connectivity index (χ1n) is 4.08. The molecule has 2 rings (SSSR count). The molecular weight excluding hydrogens is 198 g/mol. The maximum absolute atomic E-state index is 5.35. The molecule has 0 N–H and O–H groups in total. The number of aryl methyl sites for hydroxylation is 1. The van der Waals surface area contributed by atoms with E-state index in [1.807, 2.05) is 13.2 Å². The van der Waals surface area contributed by atoms with Crippen LogP contribution in [0.4, 0.5) is 0 Å². The summed E-state index contributed by atoms with van der Waals surface area (Å²) in [5, 5.41) is 0.747. The summed E-state index contributed by atoms with van der Waals surface area (Å²) in [6.45, 7) is 1.85. The van der Waals surface area contributed by atoms with Crippen LogP contribution in [0.3, 0.4) is 0 Å². The first-order chi connectivity index (χ1) is 6.79. The Hall–Kier alpha value is -1.36. The molecule has 0 aliphatic rings. The molecule has 0 amide bonds. The van der Waals surface area contributed by atoms with Gasteiger partial charge in [-0.3, -0.25) is 0 Å². The Bertz CT molecular complexity index is 424. The number of oxazole rings is 1. The Morgan fingerprint density at radius 3 is 2.36 bits per heavy atom. The van der Waals surface area contributed by atoms with Crippen LogP contribution in [-0.4, -0.2) is 21.2 Å². The van der Waals surface area contributed by atoms with Crippen molar-refractivity contribution in [2.75, 3.05) is 6.26 Å². The predicted molar refractivity (Wildman–Crippen MR) is 54.0 cm³/mol. The minimum absolute atomic E-state index is 0.565. The summed E-state index contributed by atoms with van der Waals surface area (Å²) in [6, 6.07) is 0. The second-order valence-corrected chi connectivity index (χ2v) is 3.51. The summed E-state index contributed by atoms with van der Waals surface area (Å²) in [6.07, 6.45) is 7.04. The lowest BCUT2D eigenvalue weighted by atomic mass is 10.3. The van der Waals surface area contributed by atoms with Gasteiger partial charge in [-0.25, -0.2) is 15.0 Å². The Balaban J connectivity index is 2.33. The van der Waals surface area contributed by atoms with Crippen LogP contribution >= 0.6 is 11.8 Å². The number of hydrogen-bond acceptors (Lipinski definition) is 5. The first-order valence-corrected chi connectivity index (χ1v) is 5.31. The molecule has 0 saturated heterocycles. The van der Waals surface area contributed by atoms with Gasteiger partial charge < -0.3 is 4.42 Å². The van der Waals surface area contributed by atoms with Crippen molar-refractivity contribution in [2.45, 2.75) is 12.1 Å². The quantitative estimate of drug-likeness (QED) is 0.558. The molecule has 0 radical (unpaired) electrons. The van der Waals surface area contributed by atoms with E-state index in [0.717, 1.165) is 16.5 Å². The van der Waals surface area contributed by atoms with Crippen molar-refractivity contribution in [3.8, 4) is 11.5 Å². The monoisotopic (exact) mass is 207 g/mol. The summed E-state index contributed by atoms with van der Waals surface area (Å²) in [5.41, 5.74) is 0.802. The molecule has 14 heavy (non-hydrogen) atoms.